The van der Waals surface area contributed by atoms with Crippen molar-refractivity contribution in [2.24, 2.45) is 0 Å². The molecule has 0 atom stereocenters. The zero-order valence-electron chi connectivity index (χ0n) is 36.5. The molecule has 67 heavy (non-hydrogen) atoms. The van der Waals surface area contributed by atoms with Gasteiger partial charge in [-0.25, -0.2) is 0 Å². The van der Waals surface area contributed by atoms with Crippen LogP contribution in [0.3, 0.4) is 0 Å². The summed E-state index contributed by atoms with van der Waals surface area (Å²) in [5.41, 5.74) is 15.4. The minimum atomic E-state index is 1.12. The fourth-order valence-corrected chi connectivity index (χ4v) is 11.0. The van der Waals surface area contributed by atoms with Crippen LogP contribution in [0.2, 0.25) is 0 Å². The van der Waals surface area contributed by atoms with Crippen molar-refractivity contribution >= 4 is 93.0 Å². The lowest BCUT2D eigenvalue weighted by atomic mass is 9.89. The summed E-state index contributed by atoms with van der Waals surface area (Å²) in [5.74, 6) is 0. The highest BCUT2D eigenvalue weighted by atomic mass is 15.1. The molecule has 14 rings (SSSR count). The third-order valence-corrected chi connectivity index (χ3v) is 14.0. The van der Waals surface area contributed by atoms with Crippen LogP contribution in [0.1, 0.15) is 0 Å². The molecule has 12 aromatic carbocycles. The fourth-order valence-electron chi connectivity index (χ4n) is 11.0. The molecule has 2 aromatic heterocycles. The van der Waals surface area contributed by atoms with E-state index in [0.717, 1.165) is 22.7 Å². The molecule has 0 bridgehead atoms. The van der Waals surface area contributed by atoms with Crippen molar-refractivity contribution in [1.29, 1.82) is 0 Å². The maximum absolute atomic E-state index is 2.50. The first-order chi connectivity index (χ1) is 33.2. The molecule has 0 fully saturated rings. The lowest BCUT2D eigenvalue weighted by molar-refractivity contribution is 1.18. The van der Waals surface area contributed by atoms with E-state index < -0.39 is 0 Å². The van der Waals surface area contributed by atoms with Gasteiger partial charge in [0, 0.05) is 55.4 Å². The van der Waals surface area contributed by atoms with Gasteiger partial charge in [0.1, 0.15) is 0 Å². The Balaban J connectivity index is 0.946. The van der Waals surface area contributed by atoms with Gasteiger partial charge in [-0.2, -0.15) is 0 Å². The number of hydrogen-bond donors (Lipinski definition) is 0. The van der Waals surface area contributed by atoms with Crippen molar-refractivity contribution in [2.75, 3.05) is 4.90 Å². The maximum atomic E-state index is 2.50. The van der Waals surface area contributed by atoms with Gasteiger partial charge in [-0.05, 0) is 140 Å². The Morgan fingerprint density at radius 3 is 1.51 bits per heavy atom. The SMILES string of the molecule is c1ccc(N(c2ccccc2)c2ccc(-c3ccc4ccc5c6c(ccc3c46)cc3c4ccc(-c6ccc7c(c6)c6ccccc6n7-c6ccccc6)cc4n(-c4ccccc4)c35)cc2)cc1. The number of anilines is 3. The first kappa shape index (κ1) is 37.5. The van der Waals surface area contributed by atoms with Crippen LogP contribution in [0, 0.1) is 0 Å². The summed E-state index contributed by atoms with van der Waals surface area (Å²) in [6.07, 6.45) is 0. The molecule has 0 saturated carbocycles. The van der Waals surface area contributed by atoms with E-state index in [-0.39, 0.29) is 0 Å². The van der Waals surface area contributed by atoms with E-state index in [1.807, 2.05) is 0 Å². The molecule has 0 N–H and O–H groups in total. The lowest BCUT2D eigenvalue weighted by Gasteiger charge is -2.25. The van der Waals surface area contributed by atoms with Crippen LogP contribution in [0.15, 0.2) is 249 Å². The minimum absolute atomic E-state index is 1.12. The predicted molar refractivity (Wildman–Crippen MR) is 284 cm³/mol. The highest BCUT2D eigenvalue weighted by molar-refractivity contribution is 6.33. The third-order valence-electron chi connectivity index (χ3n) is 14.0. The molecule has 0 saturated heterocycles. The summed E-state index contributed by atoms with van der Waals surface area (Å²) < 4.78 is 4.89. The van der Waals surface area contributed by atoms with Crippen LogP contribution in [-0.4, -0.2) is 9.13 Å². The molecule has 0 radical (unpaired) electrons. The van der Waals surface area contributed by atoms with Crippen LogP contribution >= 0.6 is 0 Å². The molecule has 3 nitrogen and oxygen atoms in total. The van der Waals surface area contributed by atoms with Crippen molar-refractivity contribution in [2.45, 2.75) is 0 Å². The zero-order chi connectivity index (χ0) is 44.0. The second-order valence-electron chi connectivity index (χ2n) is 17.7. The van der Waals surface area contributed by atoms with Crippen LogP contribution in [-0.2, 0) is 0 Å². The molecular weight excluding hydrogens is 811 g/mol. The second kappa shape index (κ2) is 14.8. The second-order valence-corrected chi connectivity index (χ2v) is 17.7. The number of fused-ring (bicyclic) bond motifs is 7. The average Bonchev–Trinajstić information content (AvgIpc) is 3.91. The van der Waals surface area contributed by atoms with Crippen LogP contribution in [0.25, 0.3) is 110 Å². The highest BCUT2D eigenvalue weighted by Gasteiger charge is 2.22. The quantitative estimate of drug-likeness (QED) is 0.146. The van der Waals surface area contributed by atoms with Crippen molar-refractivity contribution in [3.05, 3.63) is 249 Å². The predicted octanol–water partition coefficient (Wildman–Crippen LogP) is 17.6. The van der Waals surface area contributed by atoms with Gasteiger partial charge >= 0.3 is 0 Å². The van der Waals surface area contributed by atoms with E-state index in [1.54, 1.807) is 0 Å². The maximum Gasteiger partial charge on any atom is 0.0620 e. The Morgan fingerprint density at radius 2 is 0.776 bits per heavy atom. The molecule has 14 aromatic rings. The Morgan fingerprint density at radius 1 is 0.269 bits per heavy atom. The van der Waals surface area contributed by atoms with E-state index in [9.17, 15) is 0 Å². The normalized spacial score (nSPS) is 11.9. The first-order valence-corrected chi connectivity index (χ1v) is 23.1. The number of para-hydroxylation sites is 5. The van der Waals surface area contributed by atoms with Gasteiger partial charge in [0.15, 0.2) is 0 Å². The van der Waals surface area contributed by atoms with E-state index in [2.05, 4.69) is 263 Å². The van der Waals surface area contributed by atoms with Gasteiger partial charge in [-0.3, -0.25) is 0 Å². The summed E-state index contributed by atoms with van der Waals surface area (Å²) in [4.78, 5) is 2.32. The van der Waals surface area contributed by atoms with Gasteiger partial charge in [-0.15, -0.1) is 0 Å². The third kappa shape index (κ3) is 5.78. The number of rotatable bonds is 7. The molecule has 0 unspecified atom stereocenters. The van der Waals surface area contributed by atoms with Crippen molar-refractivity contribution < 1.29 is 0 Å². The van der Waals surface area contributed by atoms with Crippen molar-refractivity contribution in [1.82, 2.24) is 9.13 Å². The summed E-state index contributed by atoms with van der Waals surface area (Å²) in [6, 6.07) is 91.1. The van der Waals surface area contributed by atoms with E-state index in [1.165, 1.54) is 104 Å². The van der Waals surface area contributed by atoms with Gasteiger partial charge in [0.25, 0.3) is 0 Å². The Kier molecular flexibility index (Phi) is 8.28. The molecule has 2 heterocycles. The standard InChI is InChI=1S/C64H41N3/c1-5-15-47(16-6-1)65(48-17-7-2-8-18-48)51-32-25-42(26-33-51)52-34-27-43-28-37-56-63-46(30-36-55(52)62(43)63)40-58-54-35-29-45(41-61(54)67(64(56)58)50-21-11-4-12-22-50)44-31-38-60-57(39-44)53-23-13-14-24-59(53)66(60)49-19-9-3-10-20-49/h1-41H. The van der Waals surface area contributed by atoms with Crippen molar-refractivity contribution in [3.63, 3.8) is 0 Å². The van der Waals surface area contributed by atoms with Crippen molar-refractivity contribution in [3.8, 4) is 33.6 Å². The molecule has 0 aliphatic carbocycles. The van der Waals surface area contributed by atoms with E-state index in [4.69, 9.17) is 0 Å². The summed E-state index contributed by atoms with van der Waals surface area (Å²) in [5, 5.41) is 12.7. The molecule has 0 amide bonds. The summed E-state index contributed by atoms with van der Waals surface area (Å²) >= 11 is 0. The molecular formula is C64H41N3. The van der Waals surface area contributed by atoms with Crippen LogP contribution < -0.4 is 4.90 Å². The number of benzene rings is 12. The summed E-state index contributed by atoms with van der Waals surface area (Å²) in [6.45, 7) is 0. The van der Waals surface area contributed by atoms with Gasteiger partial charge in [-0.1, -0.05) is 158 Å². The van der Waals surface area contributed by atoms with E-state index >= 15 is 0 Å². The highest BCUT2D eigenvalue weighted by Crippen LogP contribution is 2.46. The number of nitrogens with zero attached hydrogens (tertiary/aromatic N) is 3. The Hall–Kier alpha value is -8.92. The molecule has 0 aliphatic rings. The minimum Gasteiger partial charge on any atom is -0.311 e. The zero-order valence-corrected chi connectivity index (χ0v) is 36.5. The molecule has 0 spiro atoms. The van der Waals surface area contributed by atoms with Gasteiger partial charge < -0.3 is 14.0 Å². The van der Waals surface area contributed by atoms with Crippen LogP contribution in [0.5, 0.6) is 0 Å². The monoisotopic (exact) mass is 851 g/mol. The van der Waals surface area contributed by atoms with Crippen LogP contribution in [0.4, 0.5) is 17.1 Å². The molecule has 0 aliphatic heterocycles. The van der Waals surface area contributed by atoms with Gasteiger partial charge in [0.2, 0.25) is 0 Å². The largest absolute Gasteiger partial charge is 0.311 e. The topological polar surface area (TPSA) is 13.1 Å². The average molecular weight is 852 g/mol. The molecule has 3 heteroatoms. The Labute approximate surface area is 387 Å². The fraction of sp³-hybridized carbons (Fsp3) is 0. The summed E-state index contributed by atoms with van der Waals surface area (Å²) in [7, 11) is 0. The van der Waals surface area contributed by atoms with E-state index in [0.29, 0.717) is 0 Å². The smallest absolute Gasteiger partial charge is 0.0620 e. The van der Waals surface area contributed by atoms with Gasteiger partial charge in [0.05, 0.1) is 22.1 Å². The number of aromatic nitrogens is 2. The molecule has 312 valence electrons. The lowest BCUT2D eigenvalue weighted by Crippen LogP contribution is -2.09. The first-order valence-electron chi connectivity index (χ1n) is 23.1. The number of hydrogen-bond acceptors (Lipinski definition) is 1. The Bertz CT molecular complexity index is 4130.